The highest BCUT2D eigenvalue weighted by Crippen LogP contribution is 2.31. The number of hydrogen-bond donors (Lipinski definition) is 1. The first-order valence-corrected chi connectivity index (χ1v) is 8.05. The number of hydrogen-bond acceptors (Lipinski definition) is 3. The van der Waals surface area contributed by atoms with Gasteiger partial charge >= 0.3 is 5.97 Å². The van der Waals surface area contributed by atoms with E-state index in [9.17, 15) is 14.7 Å². The second-order valence-corrected chi connectivity index (χ2v) is 6.29. The standard InChI is InChI=1S/C19H20N2O3/c1-12-4-3-5-14(8-12)15-9-16(11-20-10-15)18(22)21(17-6-7-17)13(2)19(23)24/h3-5,8-11,13,17H,6-7H2,1-2H3,(H,23,24). The SMILES string of the molecule is Cc1cccc(-c2cncc(C(=O)N(C3CC3)C(C)C(=O)O)c2)c1. The third kappa shape index (κ3) is 3.30. The molecular formula is C19H20N2O3. The van der Waals surface area contributed by atoms with Gasteiger partial charge in [0, 0.05) is 24.0 Å². The number of nitrogens with zero attached hydrogens (tertiary/aromatic N) is 2. The Morgan fingerprint density at radius 2 is 1.96 bits per heavy atom. The first kappa shape index (κ1) is 16.2. The monoisotopic (exact) mass is 324 g/mol. The Labute approximate surface area is 140 Å². The Bertz CT molecular complexity index is 784. The number of aromatic nitrogens is 1. The molecule has 0 aliphatic heterocycles. The summed E-state index contributed by atoms with van der Waals surface area (Å²) in [6.07, 6.45) is 4.93. The summed E-state index contributed by atoms with van der Waals surface area (Å²) in [6.45, 7) is 3.56. The average molecular weight is 324 g/mol. The van der Waals surface area contributed by atoms with Crippen molar-refractivity contribution < 1.29 is 14.7 Å². The van der Waals surface area contributed by atoms with Crippen LogP contribution in [0.5, 0.6) is 0 Å². The number of pyridine rings is 1. The molecule has 5 heteroatoms. The predicted octanol–water partition coefficient (Wildman–Crippen LogP) is 3.13. The molecule has 2 aromatic rings. The molecule has 1 saturated carbocycles. The van der Waals surface area contributed by atoms with Gasteiger partial charge in [0.05, 0.1) is 5.56 Å². The number of benzene rings is 1. The van der Waals surface area contributed by atoms with E-state index in [4.69, 9.17) is 0 Å². The minimum Gasteiger partial charge on any atom is -0.480 e. The molecule has 0 saturated heterocycles. The highest BCUT2D eigenvalue weighted by atomic mass is 16.4. The summed E-state index contributed by atoms with van der Waals surface area (Å²) in [5, 5.41) is 9.28. The molecule has 1 amide bonds. The number of carboxylic acids is 1. The largest absolute Gasteiger partial charge is 0.480 e. The van der Waals surface area contributed by atoms with E-state index < -0.39 is 12.0 Å². The van der Waals surface area contributed by atoms with E-state index in [2.05, 4.69) is 4.98 Å². The number of aliphatic carboxylic acids is 1. The second-order valence-electron chi connectivity index (χ2n) is 6.29. The summed E-state index contributed by atoms with van der Waals surface area (Å²) in [5.74, 6) is -1.26. The highest BCUT2D eigenvalue weighted by molar-refractivity contribution is 5.97. The molecule has 1 atom stereocenters. The van der Waals surface area contributed by atoms with Gasteiger partial charge in [-0.1, -0.05) is 29.8 Å². The molecular weight excluding hydrogens is 304 g/mol. The Morgan fingerprint density at radius 3 is 2.58 bits per heavy atom. The molecule has 5 nitrogen and oxygen atoms in total. The lowest BCUT2D eigenvalue weighted by Crippen LogP contribution is -2.44. The molecule has 0 bridgehead atoms. The Kier molecular flexibility index (Phi) is 4.34. The Hall–Kier alpha value is -2.69. The van der Waals surface area contributed by atoms with Crippen LogP contribution in [-0.2, 0) is 4.79 Å². The number of amides is 1. The molecule has 24 heavy (non-hydrogen) atoms. The summed E-state index contributed by atoms with van der Waals surface area (Å²) in [4.78, 5) is 29.8. The zero-order valence-corrected chi connectivity index (χ0v) is 13.8. The van der Waals surface area contributed by atoms with Gasteiger partial charge in [0.25, 0.3) is 5.91 Å². The molecule has 1 aliphatic carbocycles. The van der Waals surface area contributed by atoms with Crippen molar-refractivity contribution in [1.82, 2.24) is 9.88 Å². The van der Waals surface area contributed by atoms with Crippen molar-refractivity contribution in [3.05, 3.63) is 53.9 Å². The molecule has 1 aromatic heterocycles. The van der Waals surface area contributed by atoms with Crippen LogP contribution >= 0.6 is 0 Å². The minimum absolute atomic E-state index is 0.0197. The van der Waals surface area contributed by atoms with E-state index in [1.165, 1.54) is 11.1 Å². The maximum absolute atomic E-state index is 12.8. The van der Waals surface area contributed by atoms with Gasteiger partial charge in [0.15, 0.2) is 0 Å². The van der Waals surface area contributed by atoms with Gasteiger partial charge in [-0.2, -0.15) is 0 Å². The number of carboxylic acid groups (broad SMARTS) is 1. The topological polar surface area (TPSA) is 70.5 Å². The van der Waals surface area contributed by atoms with Crippen molar-refractivity contribution in [3.63, 3.8) is 0 Å². The fraction of sp³-hybridized carbons (Fsp3) is 0.316. The molecule has 1 heterocycles. The quantitative estimate of drug-likeness (QED) is 0.917. The van der Waals surface area contributed by atoms with Gasteiger partial charge < -0.3 is 10.0 Å². The molecule has 1 fully saturated rings. The van der Waals surface area contributed by atoms with Crippen molar-refractivity contribution >= 4 is 11.9 Å². The fourth-order valence-electron chi connectivity index (χ4n) is 2.82. The lowest BCUT2D eigenvalue weighted by Gasteiger charge is -2.26. The lowest BCUT2D eigenvalue weighted by molar-refractivity contribution is -0.141. The Morgan fingerprint density at radius 1 is 1.21 bits per heavy atom. The van der Waals surface area contributed by atoms with Crippen LogP contribution in [0.4, 0.5) is 0 Å². The van der Waals surface area contributed by atoms with Gasteiger partial charge in [0.1, 0.15) is 6.04 Å². The molecule has 0 spiro atoms. The second kappa shape index (κ2) is 6.43. The fourth-order valence-corrected chi connectivity index (χ4v) is 2.82. The zero-order chi connectivity index (χ0) is 17.3. The van der Waals surface area contributed by atoms with Crippen LogP contribution in [0.15, 0.2) is 42.7 Å². The Balaban J connectivity index is 1.92. The summed E-state index contributed by atoms with van der Waals surface area (Å²) >= 11 is 0. The van der Waals surface area contributed by atoms with Crippen LogP contribution in [0.2, 0.25) is 0 Å². The number of aryl methyl sites for hydroxylation is 1. The number of carbonyl (C=O) groups excluding carboxylic acids is 1. The first-order valence-electron chi connectivity index (χ1n) is 8.05. The van der Waals surface area contributed by atoms with Crippen LogP contribution in [0, 0.1) is 6.92 Å². The van der Waals surface area contributed by atoms with E-state index in [-0.39, 0.29) is 11.9 Å². The lowest BCUT2D eigenvalue weighted by atomic mass is 10.0. The van der Waals surface area contributed by atoms with Crippen LogP contribution in [0.1, 0.15) is 35.7 Å². The summed E-state index contributed by atoms with van der Waals surface area (Å²) in [5.41, 5.74) is 3.39. The third-order valence-corrected chi connectivity index (χ3v) is 4.29. The van der Waals surface area contributed by atoms with Crippen molar-refractivity contribution in [2.75, 3.05) is 0 Å². The predicted molar refractivity (Wildman–Crippen MR) is 90.7 cm³/mol. The van der Waals surface area contributed by atoms with Crippen LogP contribution in [0.25, 0.3) is 11.1 Å². The molecule has 124 valence electrons. The van der Waals surface area contributed by atoms with E-state index in [0.29, 0.717) is 5.56 Å². The summed E-state index contributed by atoms with van der Waals surface area (Å²) in [7, 11) is 0. The van der Waals surface area contributed by atoms with Gasteiger partial charge in [-0.15, -0.1) is 0 Å². The molecule has 1 N–H and O–H groups in total. The average Bonchev–Trinajstić information content (AvgIpc) is 3.40. The maximum Gasteiger partial charge on any atom is 0.326 e. The van der Waals surface area contributed by atoms with E-state index in [0.717, 1.165) is 29.5 Å². The van der Waals surface area contributed by atoms with Crippen molar-refractivity contribution in [3.8, 4) is 11.1 Å². The summed E-state index contributed by atoms with van der Waals surface area (Å²) in [6, 6.07) is 8.94. The van der Waals surface area contributed by atoms with Gasteiger partial charge in [-0.3, -0.25) is 9.78 Å². The van der Waals surface area contributed by atoms with Crippen molar-refractivity contribution in [1.29, 1.82) is 0 Å². The van der Waals surface area contributed by atoms with Gasteiger partial charge in [-0.25, -0.2) is 4.79 Å². The highest BCUT2D eigenvalue weighted by Gasteiger charge is 2.38. The zero-order valence-electron chi connectivity index (χ0n) is 13.8. The van der Waals surface area contributed by atoms with Gasteiger partial charge in [-0.05, 0) is 38.3 Å². The minimum atomic E-state index is -0.988. The van der Waals surface area contributed by atoms with E-state index in [1.807, 2.05) is 31.2 Å². The number of carbonyl (C=O) groups is 2. The smallest absolute Gasteiger partial charge is 0.326 e. The van der Waals surface area contributed by atoms with Crippen LogP contribution in [-0.4, -0.2) is 39.0 Å². The van der Waals surface area contributed by atoms with Gasteiger partial charge in [0.2, 0.25) is 0 Å². The molecule has 1 aromatic carbocycles. The normalized spacial score (nSPS) is 14.9. The van der Waals surface area contributed by atoms with Crippen LogP contribution < -0.4 is 0 Å². The van der Waals surface area contributed by atoms with Crippen molar-refractivity contribution in [2.45, 2.75) is 38.8 Å². The molecule has 3 rings (SSSR count). The third-order valence-electron chi connectivity index (χ3n) is 4.29. The first-order chi connectivity index (χ1) is 11.5. The van der Waals surface area contributed by atoms with E-state index >= 15 is 0 Å². The molecule has 1 aliphatic rings. The maximum atomic E-state index is 12.8. The molecule has 0 radical (unpaired) electrons. The van der Waals surface area contributed by atoms with E-state index in [1.54, 1.807) is 19.2 Å². The molecule has 1 unspecified atom stereocenters. The summed E-state index contributed by atoms with van der Waals surface area (Å²) < 4.78 is 0. The van der Waals surface area contributed by atoms with Crippen molar-refractivity contribution in [2.24, 2.45) is 0 Å². The van der Waals surface area contributed by atoms with Crippen LogP contribution in [0.3, 0.4) is 0 Å². The number of rotatable bonds is 5.